The number of aromatic nitrogens is 1. The number of hydrogen-bond donors (Lipinski definition) is 1. The number of hydrogen-bond acceptors (Lipinski definition) is 3. The topological polar surface area (TPSA) is 68.3 Å². The fourth-order valence-electron chi connectivity index (χ4n) is 1.51. The zero-order valence-corrected chi connectivity index (χ0v) is 8.13. The minimum absolute atomic E-state index is 0.0317. The van der Waals surface area contributed by atoms with Crippen LogP contribution in [0.25, 0.3) is 0 Å². The first-order chi connectivity index (χ1) is 7.27. The maximum atomic E-state index is 11.0. The summed E-state index contributed by atoms with van der Waals surface area (Å²) < 4.78 is 0. The molecule has 0 spiro atoms. The number of rotatable bonds is 2. The van der Waals surface area contributed by atoms with Crippen LogP contribution in [0, 0.1) is 0 Å². The molecular weight excluding hydrogens is 190 g/mol. The highest BCUT2D eigenvalue weighted by molar-refractivity contribution is 5.94. The second-order valence-electron chi connectivity index (χ2n) is 3.35. The van der Waals surface area contributed by atoms with Crippen molar-refractivity contribution in [1.29, 1.82) is 0 Å². The summed E-state index contributed by atoms with van der Waals surface area (Å²) in [6, 6.07) is 3.80. The molecule has 0 aromatic carbocycles. The zero-order chi connectivity index (χ0) is 10.7. The first kappa shape index (κ1) is 9.58. The Morgan fingerprint density at radius 2 is 2.13 bits per heavy atom. The van der Waals surface area contributed by atoms with E-state index in [-0.39, 0.29) is 5.92 Å². The Morgan fingerprint density at radius 1 is 1.40 bits per heavy atom. The number of amides is 1. The van der Waals surface area contributed by atoms with Gasteiger partial charge in [-0.2, -0.15) is 0 Å². The maximum absolute atomic E-state index is 11.0. The van der Waals surface area contributed by atoms with Crippen LogP contribution in [0.1, 0.15) is 11.5 Å². The van der Waals surface area contributed by atoms with E-state index in [4.69, 9.17) is 5.73 Å². The molecule has 2 rings (SSSR count). The van der Waals surface area contributed by atoms with Crippen molar-refractivity contribution in [3.05, 3.63) is 41.7 Å². The van der Waals surface area contributed by atoms with Crippen LogP contribution in [0.5, 0.6) is 0 Å². The second-order valence-corrected chi connectivity index (χ2v) is 3.35. The van der Waals surface area contributed by atoms with Crippen molar-refractivity contribution in [1.82, 2.24) is 4.98 Å². The van der Waals surface area contributed by atoms with Crippen molar-refractivity contribution in [2.45, 2.75) is 5.92 Å². The predicted octanol–water partition coefficient (Wildman–Crippen LogP) is 0.661. The standard InChI is InChI=1S/C11H11N3O/c12-11(15)10-5-9(6-14-7-10)8-1-3-13-4-2-8/h1-6,9H,7H2,(H2,12,15). The molecule has 0 radical (unpaired) electrons. The molecule has 1 aromatic rings. The highest BCUT2D eigenvalue weighted by Gasteiger charge is 2.14. The summed E-state index contributed by atoms with van der Waals surface area (Å²) in [5.74, 6) is -0.366. The molecule has 2 heterocycles. The largest absolute Gasteiger partial charge is 0.366 e. The average Bonchev–Trinajstić information content (AvgIpc) is 2.30. The minimum atomic E-state index is -0.397. The number of nitrogens with zero attached hydrogens (tertiary/aromatic N) is 2. The fraction of sp³-hybridized carbons (Fsp3) is 0.182. The molecule has 0 bridgehead atoms. The molecule has 4 nitrogen and oxygen atoms in total. The number of carbonyl (C=O) groups is 1. The van der Waals surface area contributed by atoms with E-state index < -0.39 is 5.91 Å². The summed E-state index contributed by atoms with van der Waals surface area (Å²) in [5, 5.41) is 0. The smallest absolute Gasteiger partial charge is 0.246 e. The van der Waals surface area contributed by atoms with Crippen LogP contribution in [0.4, 0.5) is 0 Å². The molecule has 0 aliphatic carbocycles. The molecule has 1 unspecified atom stereocenters. The summed E-state index contributed by atoms with van der Waals surface area (Å²) in [6.45, 7) is 0.386. The SMILES string of the molecule is NC(=O)C1=CC(c2ccncc2)C=NC1. The van der Waals surface area contributed by atoms with Gasteiger partial charge in [0.15, 0.2) is 0 Å². The van der Waals surface area contributed by atoms with Gasteiger partial charge in [-0.15, -0.1) is 0 Å². The quantitative estimate of drug-likeness (QED) is 0.763. The summed E-state index contributed by atoms with van der Waals surface area (Å²) >= 11 is 0. The van der Waals surface area contributed by atoms with Gasteiger partial charge in [-0.1, -0.05) is 6.08 Å². The van der Waals surface area contributed by atoms with Crippen molar-refractivity contribution >= 4 is 12.1 Å². The Labute approximate surface area is 87.5 Å². The fourth-order valence-corrected chi connectivity index (χ4v) is 1.51. The van der Waals surface area contributed by atoms with Crippen molar-refractivity contribution in [2.75, 3.05) is 6.54 Å². The Hall–Kier alpha value is -1.97. The van der Waals surface area contributed by atoms with Gasteiger partial charge in [0.2, 0.25) is 5.91 Å². The minimum Gasteiger partial charge on any atom is -0.366 e. The van der Waals surface area contributed by atoms with Crippen LogP contribution >= 0.6 is 0 Å². The van der Waals surface area contributed by atoms with Crippen LogP contribution in [-0.2, 0) is 4.79 Å². The third kappa shape index (κ3) is 2.10. The molecular formula is C11H11N3O. The van der Waals surface area contributed by atoms with Crippen molar-refractivity contribution < 1.29 is 4.79 Å². The lowest BCUT2D eigenvalue weighted by Crippen LogP contribution is -2.19. The van der Waals surface area contributed by atoms with Crippen molar-refractivity contribution in [3.8, 4) is 0 Å². The summed E-state index contributed by atoms with van der Waals surface area (Å²) in [4.78, 5) is 19.1. The van der Waals surface area contributed by atoms with Gasteiger partial charge in [0.25, 0.3) is 0 Å². The number of pyridine rings is 1. The van der Waals surface area contributed by atoms with E-state index in [0.29, 0.717) is 12.1 Å². The van der Waals surface area contributed by atoms with E-state index in [1.54, 1.807) is 12.4 Å². The van der Waals surface area contributed by atoms with E-state index in [9.17, 15) is 4.79 Å². The maximum Gasteiger partial charge on any atom is 0.246 e. The predicted molar refractivity (Wildman–Crippen MR) is 57.6 cm³/mol. The van der Waals surface area contributed by atoms with E-state index in [1.165, 1.54) is 0 Å². The Morgan fingerprint density at radius 3 is 2.80 bits per heavy atom. The molecule has 1 aromatic heterocycles. The van der Waals surface area contributed by atoms with E-state index in [2.05, 4.69) is 9.98 Å². The number of dihydropyridines is 1. The number of aliphatic imine (C=N–C) groups is 1. The molecule has 2 N–H and O–H groups in total. The molecule has 76 valence electrons. The van der Waals surface area contributed by atoms with E-state index in [1.807, 2.05) is 24.4 Å². The lowest BCUT2D eigenvalue weighted by molar-refractivity contribution is -0.114. The Balaban J connectivity index is 2.28. The second kappa shape index (κ2) is 4.04. The first-order valence-corrected chi connectivity index (χ1v) is 4.68. The van der Waals surface area contributed by atoms with Crippen molar-refractivity contribution in [3.63, 3.8) is 0 Å². The van der Waals surface area contributed by atoms with Gasteiger partial charge in [0.1, 0.15) is 0 Å². The van der Waals surface area contributed by atoms with Gasteiger partial charge >= 0.3 is 0 Å². The molecule has 4 heteroatoms. The molecule has 0 fully saturated rings. The third-order valence-electron chi connectivity index (χ3n) is 2.32. The molecule has 0 saturated heterocycles. The van der Waals surface area contributed by atoms with E-state index in [0.717, 1.165) is 5.56 Å². The monoisotopic (exact) mass is 201 g/mol. The number of allylic oxidation sites excluding steroid dienone is 1. The van der Waals surface area contributed by atoms with Gasteiger partial charge in [-0.3, -0.25) is 14.8 Å². The highest BCUT2D eigenvalue weighted by atomic mass is 16.1. The van der Waals surface area contributed by atoms with Crippen molar-refractivity contribution in [2.24, 2.45) is 10.7 Å². The number of primary amides is 1. The van der Waals surface area contributed by atoms with Gasteiger partial charge in [-0.25, -0.2) is 0 Å². The Kier molecular flexibility index (Phi) is 2.58. The van der Waals surface area contributed by atoms with E-state index >= 15 is 0 Å². The van der Waals surface area contributed by atoms with Crippen LogP contribution in [0.15, 0.2) is 41.2 Å². The van der Waals surface area contributed by atoms with Gasteiger partial charge < -0.3 is 5.73 Å². The van der Waals surface area contributed by atoms with Crippen LogP contribution in [0.2, 0.25) is 0 Å². The average molecular weight is 201 g/mol. The van der Waals surface area contributed by atoms with Gasteiger partial charge in [0.05, 0.1) is 6.54 Å². The highest BCUT2D eigenvalue weighted by Crippen LogP contribution is 2.19. The van der Waals surface area contributed by atoms with Gasteiger partial charge in [-0.05, 0) is 17.7 Å². The lowest BCUT2D eigenvalue weighted by atomic mass is 9.96. The normalized spacial score (nSPS) is 19.7. The molecule has 15 heavy (non-hydrogen) atoms. The summed E-state index contributed by atoms with van der Waals surface area (Å²) in [6.07, 6.45) is 7.11. The summed E-state index contributed by atoms with van der Waals surface area (Å²) in [5.41, 5.74) is 6.85. The van der Waals surface area contributed by atoms with Gasteiger partial charge in [0, 0.05) is 30.1 Å². The molecule has 1 amide bonds. The molecule has 1 atom stereocenters. The van der Waals surface area contributed by atoms with Crippen LogP contribution < -0.4 is 5.73 Å². The van der Waals surface area contributed by atoms with Crippen LogP contribution in [0.3, 0.4) is 0 Å². The molecule has 1 aliphatic rings. The third-order valence-corrected chi connectivity index (χ3v) is 2.32. The lowest BCUT2D eigenvalue weighted by Gasteiger charge is -2.13. The zero-order valence-electron chi connectivity index (χ0n) is 8.13. The Bertz CT molecular complexity index is 423. The first-order valence-electron chi connectivity index (χ1n) is 4.68. The molecule has 1 aliphatic heterocycles. The number of carbonyl (C=O) groups excluding carboxylic acids is 1. The van der Waals surface area contributed by atoms with Crippen LogP contribution in [-0.4, -0.2) is 23.7 Å². The number of nitrogens with two attached hydrogens (primary N) is 1. The summed E-state index contributed by atoms with van der Waals surface area (Å²) in [7, 11) is 0. The molecule has 0 saturated carbocycles.